The number of hydrogen-bond donors (Lipinski definition) is 1. The van der Waals surface area contributed by atoms with Gasteiger partial charge in [0.1, 0.15) is 0 Å². The Kier molecular flexibility index (Phi) is 4.04. The Bertz CT molecular complexity index is 481. The van der Waals surface area contributed by atoms with E-state index in [2.05, 4.69) is 6.92 Å². The fourth-order valence-corrected chi connectivity index (χ4v) is 3.05. The van der Waals surface area contributed by atoms with Crippen molar-refractivity contribution in [3.05, 3.63) is 28.8 Å². The highest BCUT2D eigenvalue weighted by atomic mass is 35.5. The Hall–Kier alpha value is -1.22. The van der Waals surface area contributed by atoms with E-state index in [9.17, 15) is 4.79 Å². The first kappa shape index (κ1) is 14.2. The number of carbonyl (C=O) groups excluding carboxylic acids is 1. The van der Waals surface area contributed by atoms with Gasteiger partial charge >= 0.3 is 0 Å². The lowest BCUT2D eigenvalue weighted by Crippen LogP contribution is -2.38. The Morgan fingerprint density at radius 1 is 1.42 bits per heavy atom. The van der Waals surface area contributed by atoms with Crippen LogP contribution in [-0.2, 0) is 11.3 Å². The van der Waals surface area contributed by atoms with Gasteiger partial charge in [-0.15, -0.1) is 0 Å². The number of rotatable bonds is 3. The molecule has 1 fully saturated rings. The van der Waals surface area contributed by atoms with Gasteiger partial charge in [-0.1, -0.05) is 31.4 Å². The third-order valence-corrected chi connectivity index (χ3v) is 4.42. The van der Waals surface area contributed by atoms with Crippen molar-refractivity contribution in [2.24, 2.45) is 5.41 Å². The molecule has 0 radical (unpaired) electrons. The van der Waals surface area contributed by atoms with Crippen molar-refractivity contribution in [2.75, 3.05) is 12.8 Å². The molecule has 3 nitrogen and oxygen atoms in total. The number of halogens is 1. The molecule has 1 aliphatic carbocycles. The van der Waals surface area contributed by atoms with Gasteiger partial charge in [0.25, 0.3) is 0 Å². The number of benzene rings is 1. The molecule has 0 heterocycles. The molecule has 0 aromatic heterocycles. The van der Waals surface area contributed by atoms with Crippen LogP contribution < -0.4 is 5.73 Å². The maximum atomic E-state index is 12.5. The molecule has 1 aromatic rings. The van der Waals surface area contributed by atoms with E-state index in [0.717, 1.165) is 31.2 Å². The molecule has 104 valence electrons. The van der Waals surface area contributed by atoms with Crippen molar-refractivity contribution < 1.29 is 4.79 Å². The van der Waals surface area contributed by atoms with Gasteiger partial charge in [0.2, 0.25) is 5.91 Å². The summed E-state index contributed by atoms with van der Waals surface area (Å²) in [5.41, 5.74) is 7.15. The first-order valence-corrected chi connectivity index (χ1v) is 7.10. The molecule has 19 heavy (non-hydrogen) atoms. The molecule has 1 aliphatic rings. The number of nitrogens with zero attached hydrogens (tertiary/aromatic N) is 1. The summed E-state index contributed by atoms with van der Waals surface area (Å²) in [6.07, 6.45) is 4.27. The molecule has 0 aliphatic heterocycles. The molecular weight excluding hydrogens is 260 g/mol. The van der Waals surface area contributed by atoms with E-state index in [1.165, 1.54) is 0 Å². The summed E-state index contributed by atoms with van der Waals surface area (Å²) in [5.74, 6) is 0.212. The summed E-state index contributed by atoms with van der Waals surface area (Å²) in [7, 11) is 1.84. The second-order valence-electron chi connectivity index (χ2n) is 5.78. The second-order valence-corrected chi connectivity index (χ2v) is 6.19. The highest BCUT2D eigenvalue weighted by molar-refractivity contribution is 6.31. The zero-order valence-electron chi connectivity index (χ0n) is 11.6. The van der Waals surface area contributed by atoms with Gasteiger partial charge in [-0.2, -0.15) is 0 Å². The van der Waals surface area contributed by atoms with Crippen molar-refractivity contribution in [2.45, 2.75) is 39.2 Å². The van der Waals surface area contributed by atoms with Gasteiger partial charge < -0.3 is 10.6 Å². The number of nitrogens with two attached hydrogens (primary N) is 1. The quantitative estimate of drug-likeness (QED) is 0.862. The summed E-state index contributed by atoms with van der Waals surface area (Å²) in [4.78, 5) is 14.3. The maximum Gasteiger partial charge on any atom is 0.228 e. The molecular formula is C15H21ClN2O. The summed E-state index contributed by atoms with van der Waals surface area (Å²) < 4.78 is 0. The minimum Gasteiger partial charge on any atom is -0.399 e. The zero-order valence-corrected chi connectivity index (χ0v) is 12.3. The van der Waals surface area contributed by atoms with Crippen molar-refractivity contribution in [3.63, 3.8) is 0 Å². The van der Waals surface area contributed by atoms with E-state index in [1.807, 2.05) is 13.1 Å². The Balaban J connectivity index is 2.10. The van der Waals surface area contributed by atoms with Crippen molar-refractivity contribution in [3.8, 4) is 0 Å². The molecule has 0 saturated heterocycles. The summed E-state index contributed by atoms with van der Waals surface area (Å²) in [5, 5.41) is 0.658. The minimum absolute atomic E-state index is 0.193. The van der Waals surface area contributed by atoms with E-state index >= 15 is 0 Å². The van der Waals surface area contributed by atoms with Gasteiger partial charge in [-0.05, 0) is 36.6 Å². The van der Waals surface area contributed by atoms with Crippen LogP contribution in [0.3, 0.4) is 0 Å². The highest BCUT2D eigenvalue weighted by Crippen LogP contribution is 2.39. The van der Waals surface area contributed by atoms with Gasteiger partial charge in [-0.3, -0.25) is 4.79 Å². The Labute approximate surface area is 119 Å². The van der Waals surface area contributed by atoms with Crippen LogP contribution in [-0.4, -0.2) is 17.9 Å². The van der Waals surface area contributed by atoms with Gasteiger partial charge in [0, 0.05) is 29.7 Å². The SMILES string of the molecule is CN(Cc1cc(N)ccc1Cl)C(=O)C1(C)CCCC1. The Morgan fingerprint density at radius 2 is 2.05 bits per heavy atom. The first-order chi connectivity index (χ1) is 8.92. The Morgan fingerprint density at radius 3 is 2.68 bits per heavy atom. The molecule has 2 rings (SSSR count). The standard InChI is InChI=1S/C15H21ClN2O/c1-15(7-3-4-8-15)14(19)18(2)10-11-9-12(17)5-6-13(11)16/h5-6,9H,3-4,7-8,10,17H2,1-2H3. The minimum atomic E-state index is -0.193. The lowest BCUT2D eigenvalue weighted by molar-refractivity contribution is -0.140. The van der Waals surface area contributed by atoms with Gasteiger partial charge in [-0.25, -0.2) is 0 Å². The summed E-state index contributed by atoms with van der Waals surface area (Å²) >= 11 is 6.15. The van der Waals surface area contributed by atoms with Crippen LogP contribution in [0.5, 0.6) is 0 Å². The molecule has 1 saturated carbocycles. The van der Waals surface area contributed by atoms with Crippen LogP contribution in [0.15, 0.2) is 18.2 Å². The molecule has 1 aromatic carbocycles. The van der Waals surface area contributed by atoms with Crippen LogP contribution in [0.2, 0.25) is 5.02 Å². The van der Waals surface area contributed by atoms with Crippen LogP contribution in [0.25, 0.3) is 0 Å². The average Bonchev–Trinajstić information content (AvgIpc) is 2.81. The van der Waals surface area contributed by atoms with Crippen LogP contribution in [0, 0.1) is 5.41 Å². The largest absolute Gasteiger partial charge is 0.399 e. The van der Waals surface area contributed by atoms with E-state index in [1.54, 1.807) is 17.0 Å². The van der Waals surface area contributed by atoms with Crippen LogP contribution in [0.1, 0.15) is 38.2 Å². The van der Waals surface area contributed by atoms with Crippen molar-refractivity contribution in [1.82, 2.24) is 4.90 Å². The molecule has 0 atom stereocenters. The number of nitrogen functional groups attached to an aromatic ring is 1. The van der Waals surface area contributed by atoms with Crippen molar-refractivity contribution >= 4 is 23.2 Å². The van der Waals surface area contributed by atoms with Gasteiger partial charge in [0.05, 0.1) is 0 Å². The molecule has 0 bridgehead atoms. The van der Waals surface area contributed by atoms with Crippen LogP contribution in [0.4, 0.5) is 5.69 Å². The fourth-order valence-electron chi connectivity index (χ4n) is 2.87. The second kappa shape index (κ2) is 5.41. The normalized spacial score (nSPS) is 17.4. The molecule has 2 N–H and O–H groups in total. The number of hydrogen-bond acceptors (Lipinski definition) is 2. The zero-order chi connectivity index (χ0) is 14.0. The topological polar surface area (TPSA) is 46.3 Å². The maximum absolute atomic E-state index is 12.5. The fraction of sp³-hybridized carbons (Fsp3) is 0.533. The number of amides is 1. The van der Waals surface area contributed by atoms with Gasteiger partial charge in [0.15, 0.2) is 0 Å². The van der Waals surface area contributed by atoms with Crippen molar-refractivity contribution in [1.29, 1.82) is 0 Å². The summed E-state index contributed by atoms with van der Waals surface area (Å²) in [6, 6.07) is 5.39. The molecule has 0 unspecified atom stereocenters. The lowest BCUT2D eigenvalue weighted by atomic mass is 9.87. The molecule has 0 spiro atoms. The molecule has 1 amide bonds. The van der Waals surface area contributed by atoms with E-state index in [0.29, 0.717) is 17.3 Å². The number of carbonyl (C=O) groups is 1. The molecule has 4 heteroatoms. The first-order valence-electron chi connectivity index (χ1n) is 6.72. The smallest absolute Gasteiger partial charge is 0.228 e. The van der Waals surface area contributed by atoms with E-state index in [-0.39, 0.29) is 11.3 Å². The lowest BCUT2D eigenvalue weighted by Gasteiger charge is -2.29. The third kappa shape index (κ3) is 3.03. The van der Waals surface area contributed by atoms with E-state index < -0.39 is 0 Å². The summed E-state index contributed by atoms with van der Waals surface area (Å²) in [6.45, 7) is 2.58. The monoisotopic (exact) mass is 280 g/mol. The highest BCUT2D eigenvalue weighted by Gasteiger charge is 2.38. The third-order valence-electron chi connectivity index (χ3n) is 4.05. The average molecular weight is 281 g/mol. The number of anilines is 1. The van der Waals surface area contributed by atoms with Crippen LogP contribution >= 0.6 is 11.6 Å². The predicted molar refractivity (Wildman–Crippen MR) is 78.9 cm³/mol. The predicted octanol–water partition coefficient (Wildman–Crippen LogP) is 3.46. The van der Waals surface area contributed by atoms with E-state index in [4.69, 9.17) is 17.3 Å².